The second-order valence-electron chi connectivity index (χ2n) is 23.5. The summed E-state index contributed by atoms with van der Waals surface area (Å²) in [5, 5.41) is 32.6. The summed E-state index contributed by atoms with van der Waals surface area (Å²) < 4.78 is 51.1. The fourth-order valence-electron chi connectivity index (χ4n) is 11.2. The molecule has 26 heteroatoms. The zero-order chi connectivity index (χ0) is 67.3. The van der Waals surface area contributed by atoms with Crippen LogP contribution in [0.4, 0.5) is 13.6 Å². The van der Waals surface area contributed by atoms with Crippen molar-refractivity contribution in [3.05, 3.63) is 161 Å². The van der Waals surface area contributed by atoms with Crippen LogP contribution >= 0.6 is 22.7 Å². The fraction of sp³-hybridized carbons (Fsp3) is 0.433. The van der Waals surface area contributed by atoms with E-state index in [0.717, 1.165) is 21.7 Å². The van der Waals surface area contributed by atoms with Crippen LogP contribution in [-0.2, 0) is 48.0 Å². The number of benzene rings is 3. The van der Waals surface area contributed by atoms with Crippen LogP contribution in [0.5, 0.6) is 11.5 Å². The molecule has 1 aliphatic heterocycles. The average molecular weight is 1320 g/mol. The molecule has 494 valence electrons. The van der Waals surface area contributed by atoms with Gasteiger partial charge in [0.05, 0.1) is 36.2 Å². The third-order valence-corrected chi connectivity index (χ3v) is 17.9. The maximum atomic E-state index is 14.0. The van der Waals surface area contributed by atoms with Crippen molar-refractivity contribution in [1.82, 2.24) is 34.6 Å². The van der Waals surface area contributed by atoms with Gasteiger partial charge in [-0.2, -0.15) is 0 Å². The van der Waals surface area contributed by atoms with E-state index in [2.05, 4.69) is 20.4 Å². The van der Waals surface area contributed by atoms with E-state index >= 15 is 0 Å². The van der Waals surface area contributed by atoms with Crippen LogP contribution in [0.25, 0.3) is 21.1 Å². The van der Waals surface area contributed by atoms with Gasteiger partial charge in [0.25, 0.3) is 5.91 Å². The Hall–Kier alpha value is -9.04. The Morgan fingerprint density at radius 2 is 1.22 bits per heavy atom. The second-order valence-corrected chi connectivity index (χ2v) is 25.6. The molecule has 1 spiro atoms. The Kier molecular flexibility index (Phi) is 23.3. The first-order chi connectivity index (χ1) is 44.4. The number of amides is 2. The van der Waals surface area contributed by atoms with Gasteiger partial charge in [-0.05, 0) is 127 Å². The van der Waals surface area contributed by atoms with E-state index in [1.165, 1.54) is 75.7 Å². The summed E-state index contributed by atoms with van der Waals surface area (Å²) in [5.41, 5.74) is -0.285. The predicted octanol–water partition coefficient (Wildman–Crippen LogP) is 10.8. The predicted molar refractivity (Wildman–Crippen MR) is 345 cm³/mol. The summed E-state index contributed by atoms with van der Waals surface area (Å²) in [5.74, 6) is -2.67. The van der Waals surface area contributed by atoms with Gasteiger partial charge in [0.1, 0.15) is 45.3 Å². The van der Waals surface area contributed by atoms with E-state index in [0.29, 0.717) is 105 Å². The normalized spacial score (nSPS) is 16.3. The zero-order valence-corrected chi connectivity index (χ0v) is 55.2. The summed E-state index contributed by atoms with van der Waals surface area (Å²) in [6.45, 7) is 13.6. The number of ether oxygens (including phenoxy) is 4. The molecule has 5 heterocycles. The first kappa shape index (κ1) is 69.8. The first-order valence-electron chi connectivity index (χ1n) is 30.9. The van der Waals surface area contributed by atoms with Gasteiger partial charge in [-0.1, -0.05) is 84.2 Å². The van der Waals surface area contributed by atoms with Gasteiger partial charge in [0.15, 0.2) is 38.7 Å². The number of nitrogens with zero attached hydrogens (tertiary/aromatic N) is 9. The minimum absolute atomic E-state index is 0.0219. The fourth-order valence-corrected chi connectivity index (χ4v) is 12.9. The maximum Gasteiger partial charge on any atom is 0.429 e. The minimum Gasteiger partial charge on any atom is -0.502 e. The van der Waals surface area contributed by atoms with E-state index < -0.39 is 39.9 Å². The van der Waals surface area contributed by atoms with E-state index in [9.17, 15) is 52.2 Å². The molecule has 7 aromatic rings. The number of Topliss-reactive ketones (excluding diaryl/α,β-unsaturated/α-hetero) is 2. The summed E-state index contributed by atoms with van der Waals surface area (Å²) in [6, 6.07) is 21.3. The minimum atomic E-state index is -0.804. The molecule has 4 aromatic heterocycles. The third kappa shape index (κ3) is 16.8. The molecule has 0 saturated heterocycles. The molecule has 22 nitrogen and oxygen atoms in total. The first-order valence-corrected chi connectivity index (χ1v) is 32.5. The number of aromatic hydroxyl groups is 1. The second kappa shape index (κ2) is 31.1. The van der Waals surface area contributed by atoms with Crippen molar-refractivity contribution in [2.45, 2.75) is 143 Å². The summed E-state index contributed by atoms with van der Waals surface area (Å²) >= 11 is 2.38. The highest BCUT2D eigenvalue weighted by Crippen LogP contribution is 2.43. The van der Waals surface area contributed by atoms with Gasteiger partial charge >= 0.3 is 18.0 Å². The quantitative estimate of drug-likeness (QED) is 0.0475. The van der Waals surface area contributed by atoms with Crippen molar-refractivity contribution >= 4 is 58.2 Å². The van der Waals surface area contributed by atoms with Crippen molar-refractivity contribution in [2.75, 3.05) is 43.9 Å². The topological polar surface area (TPSA) is 265 Å². The lowest BCUT2D eigenvalue weighted by Gasteiger charge is -2.56. The van der Waals surface area contributed by atoms with Crippen molar-refractivity contribution in [2.24, 2.45) is 11.8 Å². The number of hydrogen-bond donors (Lipinski definition) is 1. The average Bonchev–Trinajstić information content (AvgIpc) is 0.924. The smallest absolute Gasteiger partial charge is 0.429 e. The number of halogens is 2. The van der Waals surface area contributed by atoms with E-state index in [4.69, 9.17) is 18.9 Å². The number of ketones is 2. The monoisotopic (exact) mass is 1320 g/mol. The number of carbonyl (C=O) groups is 6. The summed E-state index contributed by atoms with van der Waals surface area (Å²) in [6.07, 6.45) is 8.22. The summed E-state index contributed by atoms with van der Waals surface area (Å²) in [7, 11) is 3.27. The number of fused-ring (bicyclic) bond motifs is 1. The summed E-state index contributed by atoms with van der Waals surface area (Å²) in [4.78, 5) is 104. The lowest BCUT2D eigenvalue weighted by atomic mass is 9.79. The molecule has 3 aromatic carbocycles. The van der Waals surface area contributed by atoms with Gasteiger partial charge in [0, 0.05) is 65.1 Å². The lowest BCUT2D eigenvalue weighted by Crippen LogP contribution is -2.70. The highest BCUT2D eigenvalue weighted by molar-refractivity contribution is 7.15. The Bertz CT molecular complexity index is 3930. The number of esters is 2. The molecular weight excluding hydrogens is 1240 g/mol. The molecule has 2 aliphatic carbocycles. The van der Waals surface area contributed by atoms with Gasteiger partial charge in [-0.3, -0.25) is 43.2 Å². The molecule has 0 atom stereocenters. The molecule has 93 heavy (non-hydrogen) atoms. The highest BCUT2D eigenvalue weighted by atomic mass is 32.1. The lowest BCUT2D eigenvalue weighted by molar-refractivity contribution is -0.151. The molecule has 0 unspecified atom stereocenters. The van der Waals surface area contributed by atoms with Crippen LogP contribution in [0.3, 0.4) is 0 Å². The Balaban J connectivity index is 0.000000203. The Morgan fingerprint density at radius 1 is 0.699 bits per heavy atom. The standard InChI is InChI=1S/C31H33FN4O5S.C27H30FN5O5S.C9H14O3/c1-6-10-24(37)26-28(40-19-21-11-8-7-9-12-21)27(38)23(18-36(26)35(5)30(39)41-31(2,3)4)29-34-33-25(42-29)17-20-13-15-22(32)16-14-20;1-4-32-25(36)21-23(35)22(34)19(24-30-29-20(39-24)14-16-6-8-18(28)9-7-16)15-33(21)31(3)27(32)12-10-17(11-13-27)26(37)38-5-2;1-2-12-9(11)7-3-5-8(10)6-4-7/h7-9,11-16,18H,6,10,17,19H2,1-5H3;6-9,15,17,35H,4-5,10-14H2,1-3H3;7H,2-6H2,1H3. The van der Waals surface area contributed by atoms with Crippen LogP contribution < -0.4 is 25.6 Å². The van der Waals surface area contributed by atoms with Crippen LogP contribution in [0, 0.1) is 23.5 Å². The molecule has 2 amide bonds. The number of rotatable bonds is 18. The van der Waals surface area contributed by atoms with Gasteiger partial charge < -0.3 is 29.0 Å². The van der Waals surface area contributed by atoms with E-state index in [-0.39, 0.29) is 93.3 Å². The number of carbonyl (C=O) groups excluding carboxylic acids is 6. The third-order valence-electron chi connectivity index (χ3n) is 16.0. The molecule has 0 bridgehead atoms. The van der Waals surface area contributed by atoms with Crippen molar-refractivity contribution in [3.63, 3.8) is 0 Å². The molecule has 10 rings (SSSR count). The molecular formula is C67H77F2N9O13S2. The van der Waals surface area contributed by atoms with E-state index in [1.54, 1.807) is 63.8 Å². The highest BCUT2D eigenvalue weighted by Gasteiger charge is 2.52. The van der Waals surface area contributed by atoms with Crippen molar-refractivity contribution < 1.29 is 61.6 Å². The van der Waals surface area contributed by atoms with Gasteiger partial charge in [0.2, 0.25) is 10.9 Å². The largest absolute Gasteiger partial charge is 0.502 e. The van der Waals surface area contributed by atoms with Crippen molar-refractivity contribution in [3.8, 4) is 32.6 Å². The molecule has 2 saturated carbocycles. The number of aromatic nitrogens is 6. The van der Waals surface area contributed by atoms with Crippen LogP contribution in [0.1, 0.15) is 160 Å². The van der Waals surface area contributed by atoms with Gasteiger partial charge in [-0.15, -0.1) is 20.4 Å². The zero-order valence-electron chi connectivity index (χ0n) is 53.6. The molecule has 2 fully saturated rings. The Labute approximate surface area is 545 Å². The van der Waals surface area contributed by atoms with Gasteiger partial charge in [-0.25, -0.2) is 23.3 Å². The molecule has 1 N–H and O–H groups in total. The maximum absolute atomic E-state index is 14.0. The molecule has 3 aliphatic rings. The molecule has 0 radical (unpaired) electrons. The number of pyridine rings is 2. The SMILES string of the molecule is CCCC(=O)c1c(OCc2ccccc2)c(=O)c(-c2nnc(Cc3ccc(F)cc3)s2)cn1N(C)C(=O)OC(C)(C)C.CCOC(=O)C1CCC(=O)CC1.CCOC(=O)C1CCC2(CC1)N(CC)C(=O)c1c(O)c(=O)c(-c3nnc(Cc4ccc(F)cc4)s3)cn1N2C. The van der Waals surface area contributed by atoms with Crippen molar-refractivity contribution in [1.29, 1.82) is 0 Å². The van der Waals surface area contributed by atoms with Crippen LogP contribution in [-0.4, -0.2) is 120 Å². The van der Waals surface area contributed by atoms with Crippen LogP contribution in [0.2, 0.25) is 0 Å². The van der Waals surface area contributed by atoms with Crippen LogP contribution in [0.15, 0.2) is 101 Å². The Morgan fingerprint density at radius 3 is 1.71 bits per heavy atom. The number of hydrogen-bond acceptors (Lipinski definition) is 20. The van der Waals surface area contributed by atoms with E-state index in [1.807, 2.05) is 56.2 Å².